The van der Waals surface area contributed by atoms with E-state index in [0.29, 0.717) is 29.6 Å². The molecular formula is C24H34N2O6. The summed E-state index contributed by atoms with van der Waals surface area (Å²) in [6.45, 7) is 4.97. The number of benzene rings is 2. The summed E-state index contributed by atoms with van der Waals surface area (Å²) >= 11 is 0. The Kier molecular flexibility index (Phi) is 8.70. The van der Waals surface area contributed by atoms with Crippen LogP contribution < -0.4 is 28.6 Å². The third kappa shape index (κ3) is 5.69. The van der Waals surface area contributed by atoms with Crippen molar-refractivity contribution in [2.45, 2.75) is 6.10 Å². The molecule has 1 atom stereocenters. The van der Waals surface area contributed by atoms with Gasteiger partial charge in [0.25, 0.3) is 0 Å². The van der Waals surface area contributed by atoms with Crippen molar-refractivity contribution in [3.63, 3.8) is 0 Å². The normalized spacial score (nSPS) is 15.2. The average molecular weight is 447 g/mol. The van der Waals surface area contributed by atoms with Crippen molar-refractivity contribution in [1.82, 2.24) is 4.90 Å². The molecule has 0 radical (unpaired) electrons. The second-order valence-corrected chi connectivity index (χ2v) is 7.49. The van der Waals surface area contributed by atoms with Gasteiger partial charge in [0.1, 0.15) is 24.2 Å². The molecule has 2 aromatic carbocycles. The Morgan fingerprint density at radius 2 is 1.41 bits per heavy atom. The lowest BCUT2D eigenvalue weighted by Gasteiger charge is -2.37. The molecule has 0 saturated carbocycles. The molecule has 8 heteroatoms. The number of hydrogen-bond acceptors (Lipinski definition) is 8. The van der Waals surface area contributed by atoms with Gasteiger partial charge >= 0.3 is 0 Å². The van der Waals surface area contributed by atoms with E-state index in [4.69, 9.17) is 28.4 Å². The molecule has 1 aliphatic heterocycles. The number of nitrogens with zero attached hydrogens (tertiary/aromatic N) is 2. The molecule has 8 nitrogen and oxygen atoms in total. The summed E-state index contributed by atoms with van der Waals surface area (Å²) in [5, 5.41) is 0. The Balaban J connectivity index is 1.54. The maximum absolute atomic E-state index is 6.01. The molecule has 1 unspecified atom stereocenters. The maximum Gasteiger partial charge on any atom is 0.203 e. The Hall–Kier alpha value is -2.84. The quantitative estimate of drug-likeness (QED) is 0.522. The van der Waals surface area contributed by atoms with Gasteiger partial charge in [-0.05, 0) is 12.1 Å². The van der Waals surface area contributed by atoms with Crippen LogP contribution in [0.4, 0.5) is 5.69 Å². The molecule has 1 saturated heterocycles. The smallest absolute Gasteiger partial charge is 0.203 e. The van der Waals surface area contributed by atoms with E-state index >= 15 is 0 Å². The van der Waals surface area contributed by atoms with Crippen LogP contribution >= 0.6 is 0 Å². The fourth-order valence-electron chi connectivity index (χ4n) is 3.88. The summed E-state index contributed by atoms with van der Waals surface area (Å²) in [7, 11) is 8.18. The zero-order valence-electron chi connectivity index (χ0n) is 19.6. The van der Waals surface area contributed by atoms with Gasteiger partial charge in [-0.25, -0.2) is 0 Å². The Morgan fingerprint density at radius 3 is 1.97 bits per heavy atom. The molecule has 0 aliphatic carbocycles. The van der Waals surface area contributed by atoms with Crippen LogP contribution in [-0.2, 0) is 4.74 Å². The van der Waals surface area contributed by atoms with Gasteiger partial charge in [-0.3, -0.25) is 4.90 Å². The van der Waals surface area contributed by atoms with Gasteiger partial charge in [0, 0.05) is 52.0 Å². The maximum atomic E-state index is 6.01. The van der Waals surface area contributed by atoms with E-state index in [1.165, 1.54) is 0 Å². The van der Waals surface area contributed by atoms with Gasteiger partial charge < -0.3 is 33.3 Å². The minimum absolute atomic E-state index is 0.0631. The molecule has 176 valence electrons. The zero-order chi connectivity index (χ0) is 22.9. The molecule has 0 N–H and O–H groups in total. The van der Waals surface area contributed by atoms with Crippen molar-refractivity contribution in [1.29, 1.82) is 0 Å². The highest BCUT2D eigenvalue weighted by atomic mass is 16.5. The summed E-state index contributed by atoms with van der Waals surface area (Å²) < 4.78 is 33.4. The number of piperazine rings is 1. The van der Waals surface area contributed by atoms with E-state index in [1.807, 2.05) is 18.2 Å². The standard InChI is InChI=1S/C24H34N2O6/c1-27-19(17-32-18-14-22(29-3)24(31-5)23(15-18)30-4)16-25-10-12-26(13-11-25)20-8-6-7-9-21(20)28-2/h6-9,14-15,19H,10-13,16-17H2,1-5H3. The molecule has 0 amide bonds. The first-order chi connectivity index (χ1) is 15.6. The van der Waals surface area contributed by atoms with Crippen molar-refractivity contribution >= 4 is 5.69 Å². The van der Waals surface area contributed by atoms with E-state index in [0.717, 1.165) is 44.2 Å². The lowest BCUT2D eigenvalue weighted by atomic mass is 10.2. The van der Waals surface area contributed by atoms with Crippen LogP contribution in [0.15, 0.2) is 36.4 Å². The van der Waals surface area contributed by atoms with Gasteiger partial charge in [0.05, 0.1) is 34.1 Å². The zero-order valence-corrected chi connectivity index (χ0v) is 19.6. The van der Waals surface area contributed by atoms with E-state index in [2.05, 4.69) is 15.9 Å². The van der Waals surface area contributed by atoms with E-state index in [1.54, 1.807) is 47.7 Å². The minimum Gasteiger partial charge on any atom is -0.495 e. The summed E-state index contributed by atoms with van der Waals surface area (Å²) in [4.78, 5) is 4.77. The second-order valence-electron chi connectivity index (χ2n) is 7.49. The molecule has 2 aromatic rings. The first-order valence-corrected chi connectivity index (χ1v) is 10.7. The van der Waals surface area contributed by atoms with Crippen molar-refractivity contribution in [3.8, 4) is 28.7 Å². The number of para-hydroxylation sites is 2. The summed E-state index contributed by atoms with van der Waals surface area (Å²) in [6, 6.07) is 11.7. The molecule has 0 spiro atoms. The minimum atomic E-state index is -0.0631. The first-order valence-electron chi connectivity index (χ1n) is 10.7. The fraction of sp³-hybridized carbons (Fsp3) is 0.500. The molecule has 1 fully saturated rings. The van der Waals surface area contributed by atoms with Gasteiger partial charge in [0.15, 0.2) is 11.5 Å². The predicted molar refractivity (Wildman–Crippen MR) is 124 cm³/mol. The number of methoxy groups -OCH3 is 5. The first kappa shape index (κ1) is 23.8. The van der Waals surface area contributed by atoms with E-state index < -0.39 is 0 Å². The Bertz CT molecular complexity index is 829. The van der Waals surface area contributed by atoms with Gasteiger partial charge in [0.2, 0.25) is 5.75 Å². The van der Waals surface area contributed by atoms with Crippen molar-refractivity contribution in [3.05, 3.63) is 36.4 Å². The molecular weight excluding hydrogens is 412 g/mol. The number of ether oxygens (including phenoxy) is 6. The average Bonchev–Trinajstić information content (AvgIpc) is 2.86. The van der Waals surface area contributed by atoms with Gasteiger partial charge in [-0.2, -0.15) is 0 Å². The van der Waals surface area contributed by atoms with Crippen LogP contribution in [0.2, 0.25) is 0 Å². The molecule has 32 heavy (non-hydrogen) atoms. The highest BCUT2D eigenvalue weighted by Crippen LogP contribution is 2.40. The Labute approximate surface area is 190 Å². The summed E-state index contributed by atoms with van der Waals surface area (Å²) in [5.41, 5.74) is 1.14. The summed E-state index contributed by atoms with van der Waals surface area (Å²) in [6.07, 6.45) is -0.0631. The summed E-state index contributed by atoms with van der Waals surface area (Å²) in [5.74, 6) is 3.21. The lowest BCUT2D eigenvalue weighted by Crippen LogP contribution is -2.49. The number of hydrogen-bond donors (Lipinski definition) is 0. The van der Waals surface area contributed by atoms with E-state index in [9.17, 15) is 0 Å². The number of rotatable bonds is 11. The molecule has 3 rings (SSSR count). The number of anilines is 1. The SMILES string of the molecule is COc1ccccc1N1CCN(CC(COc2cc(OC)c(OC)c(OC)c2)OC)CC1. The fourth-order valence-corrected chi connectivity index (χ4v) is 3.88. The predicted octanol–water partition coefficient (Wildman–Crippen LogP) is 2.94. The topological polar surface area (TPSA) is 61.9 Å². The molecule has 0 aromatic heterocycles. The molecule has 1 aliphatic rings. The third-order valence-corrected chi connectivity index (χ3v) is 5.67. The van der Waals surface area contributed by atoms with Crippen LogP contribution in [0.25, 0.3) is 0 Å². The highest BCUT2D eigenvalue weighted by Gasteiger charge is 2.22. The van der Waals surface area contributed by atoms with Gasteiger partial charge in [-0.15, -0.1) is 0 Å². The molecule has 1 heterocycles. The van der Waals surface area contributed by atoms with Crippen molar-refractivity contribution in [2.24, 2.45) is 0 Å². The van der Waals surface area contributed by atoms with Crippen LogP contribution in [0.5, 0.6) is 28.7 Å². The van der Waals surface area contributed by atoms with Crippen LogP contribution in [-0.4, -0.2) is 85.9 Å². The monoisotopic (exact) mass is 446 g/mol. The van der Waals surface area contributed by atoms with Crippen LogP contribution in [0.3, 0.4) is 0 Å². The van der Waals surface area contributed by atoms with Crippen molar-refractivity contribution < 1.29 is 28.4 Å². The second kappa shape index (κ2) is 11.7. The van der Waals surface area contributed by atoms with Crippen molar-refractivity contribution in [2.75, 3.05) is 79.8 Å². The van der Waals surface area contributed by atoms with E-state index in [-0.39, 0.29) is 6.10 Å². The van der Waals surface area contributed by atoms with Gasteiger partial charge in [-0.1, -0.05) is 12.1 Å². The molecule has 0 bridgehead atoms. The third-order valence-electron chi connectivity index (χ3n) is 5.67. The largest absolute Gasteiger partial charge is 0.495 e. The lowest BCUT2D eigenvalue weighted by molar-refractivity contribution is 0.0280. The highest BCUT2D eigenvalue weighted by molar-refractivity contribution is 5.58. The van der Waals surface area contributed by atoms with Crippen LogP contribution in [0.1, 0.15) is 0 Å². The van der Waals surface area contributed by atoms with Crippen LogP contribution in [0, 0.1) is 0 Å². The Morgan fingerprint density at radius 1 is 0.781 bits per heavy atom.